The van der Waals surface area contributed by atoms with Crippen LogP contribution >= 0.6 is 0 Å². The van der Waals surface area contributed by atoms with E-state index in [1.807, 2.05) is 36.5 Å². The first-order valence-corrected chi connectivity index (χ1v) is 8.88. The fourth-order valence-corrected chi connectivity index (χ4v) is 2.89. The van der Waals surface area contributed by atoms with Gasteiger partial charge in [0, 0.05) is 23.5 Å². The van der Waals surface area contributed by atoms with Crippen LogP contribution in [-0.2, 0) is 0 Å². The van der Waals surface area contributed by atoms with Crippen LogP contribution in [0.1, 0.15) is 15.9 Å². The smallest absolute Gasteiger partial charge is 0.335 e. The summed E-state index contributed by atoms with van der Waals surface area (Å²) in [5.41, 5.74) is 3.68. The third-order valence-electron chi connectivity index (χ3n) is 4.33. The summed E-state index contributed by atoms with van der Waals surface area (Å²) in [5.74, 6) is -1.33. The molecular formula is C23H16FN3O2. The monoisotopic (exact) mass is 385 g/mol. The van der Waals surface area contributed by atoms with Crippen molar-refractivity contribution in [2.45, 2.75) is 0 Å². The van der Waals surface area contributed by atoms with Gasteiger partial charge >= 0.3 is 5.97 Å². The maximum atomic E-state index is 13.3. The Morgan fingerprint density at radius 1 is 1.00 bits per heavy atom. The van der Waals surface area contributed by atoms with Gasteiger partial charge in [-0.15, -0.1) is 0 Å². The van der Waals surface area contributed by atoms with Crippen molar-refractivity contribution in [1.82, 2.24) is 9.78 Å². The van der Waals surface area contributed by atoms with Crippen LogP contribution in [-0.4, -0.2) is 27.1 Å². The van der Waals surface area contributed by atoms with Crippen LogP contribution in [0.25, 0.3) is 16.9 Å². The summed E-state index contributed by atoms with van der Waals surface area (Å²) in [6.45, 7) is 0. The zero-order valence-electron chi connectivity index (χ0n) is 15.2. The summed E-state index contributed by atoms with van der Waals surface area (Å²) in [7, 11) is 0. The molecule has 142 valence electrons. The molecule has 0 aliphatic rings. The number of carboxylic acids is 1. The second-order valence-corrected chi connectivity index (χ2v) is 6.33. The number of nitrogens with zero attached hydrogens (tertiary/aromatic N) is 3. The van der Waals surface area contributed by atoms with Crippen LogP contribution in [0.2, 0.25) is 0 Å². The summed E-state index contributed by atoms with van der Waals surface area (Å²) in [6.07, 6.45) is 3.46. The summed E-state index contributed by atoms with van der Waals surface area (Å²) in [6, 6.07) is 22.1. The minimum atomic E-state index is -1.01. The first-order valence-electron chi connectivity index (χ1n) is 8.88. The predicted molar refractivity (Wildman–Crippen MR) is 110 cm³/mol. The van der Waals surface area contributed by atoms with Crippen molar-refractivity contribution in [1.29, 1.82) is 0 Å². The van der Waals surface area contributed by atoms with E-state index < -0.39 is 5.97 Å². The van der Waals surface area contributed by atoms with Crippen LogP contribution < -0.4 is 0 Å². The quantitative estimate of drug-likeness (QED) is 0.485. The van der Waals surface area contributed by atoms with Crippen LogP contribution in [0.3, 0.4) is 0 Å². The number of carboxylic acid groups (broad SMARTS) is 1. The Bertz CT molecular complexity index is 1180. The number of halogens is 1. The molecule has 6 heteroatoms. The highest BCUT2D eigenvalue weighted by Gasteiger charge is 2.11. The topological polar surface area (TPSA) is 67.5 Å². The lowest BCUT2D eigenvalue weighted by Crippen LogP contribution is -1.94. The SMILES string of the molecule is O=C(O)c1cccc(N=Cc2cn(-c3ccccc3)nc2-c2ccc(F)cc2)c1. The summed E-state index contributed by atoms with van der Waals surface area (Å²) in [5, 5.41) is 13.8. The average Bonchev–Trinajstić information content (AvgIpc) is 3.18. The number of benzene rings is 3. The van der Waals surface area contributed by atoms with Gasteiger partial charge < -0.3 is 5.11 Å². The van der Waals surface area contributed by atoms with E-state index in [2.05, 4.69) is 10.1 Å². The van der Waals surface area contributed by atoms with E-state index in [0.29, 0.717) is 11.4 Å². The van der Waals surface area contributed by atoms with E-state index in [1.165, 1.54) is 24.3 Å². The Morgan fingerprint density at radius 3 is 2.48 bits per heavy atom. The van der Waals surface area contributed by atoms with Crippen LogP contribution in [0.4, 0.5) is 10.1 Å². The summed E-state index contributed by atoms with van der Waals surface area (Å²) >= 11 is 0. The Hall–Kier alpha value is -4.06. The average molecular weight is 385 g/mol. The molecule has 0 aliphatic heterocycles. The lowest BCUT2D eigenvalue weighted by Gasteiger charge is -2.00. The highest BCUT2D eigenvalue weighted by molar-refractivity contribution is 5.91. The van der Waals surface area contributed by atoms with Gasteiger partial charge in [0.1, 0.15) is 11.5 Å². The van der Waals surface area contributed by atoms with Crippen molar-refractivity contribution in [3.8, 4) is 16.9 Å². The van der Waals surface area contributed by atoms with Gasteiger partial charge in [-0.3, -0.25) is 4.99 Å². The van der Waals surface area contributed by atoms with Gasteiger partial charge in [0.25, 0.3) is 0 Å². The van der Waals surface area contributed by atoms with E-state index in [0.717, 1.165) is 16.8 Å². The van der Waals surface area contributed by atoms with Gasteiger partial charge in [-0.25, -0.2) is 13.9 Å². The largest absolute Gasteiger partial charge is 0.478 e. The second kappa shape index (κ2) is 7.90. The lowest BCUT2D eigenvalue weighted by atomic mass is 10.1. The third kappa shape index (κ3) is 4.11. The van der Waals surface area contributed by atoms with E-state index in [1.54, 1.807) is 35.2 Å². The van der Waals surface area contributed by atoms with E-state index in [9.17, 15) is 9.18 Å². The molecule has 0 amide bonds. The Morgan fingerprint density at radius 2 is 1.76 bits per heavy atom. The predicted octanol–water partition coefficient (Wildman–Crippen LogP) is 5.13. The summed E-state index contributed by atoms with van der Waals surface area (Å²) < 4.78 is 15.1. The normalized spacial score (nSPS) is 11.1. The van der Waals surface area contributed by atoms with Gasteiger partial charge in [0.15, 0.2) is 0 Å². The summed E-state index contributed by atoms with van der Waals surface area (Å²) in [4.78, 5) is 15.6. The molecule has 3 aromatic carbocycles. The van der Waals surface area contributed by atoms with E-state index in [4.69, 9.17) is 5.11 Å². The molecule has 0 saturated heterocycles. The Labute approximate surface area is 166 Å². The molecule has 0 unspecified atom stereocenters. The molecule has 5 nitrogen and oxygen atoms in total. The molecule has 1 N–H and O–H groups in total. The maximum Gasteiger partial charge on any atom is 0.335 e. The second-order valence-electron chi connectivity index (χ2n) is 6.33. The molecule has 1 aromatic heterocycles. The van der Waals surface area contributed by atoms with Gasteiger partial charge in [0.05, 0.1) is 16.9 Å². The molecule has 4 aromatic rings. The number of hydrogen-bond acceptors (Lipinski definition) is 3. The van der Waals surface area contributed by atoms with Crippen LogP contribution in [0.5, 0.6) is 0 Å². The van der Waals surface area contributed by atoms with Crippen molar-refractivity contribution >= 4 is 17.9 Å². The zero-order chi connectivity index (χ0) is 20.2. The van der Waals surface area contributed by atoms with Crippen molar-refractivity contribution in [3.05, 3.63) is 102 Å². The van der Waals surface area contributed by atoms with E-state index in [-0.39, 0.29) is 11.4 Å². The lowest BCUT2D eigenvalue weighted by molar-refractivity contribution is 0.0697. The van der Waals surface area contributed by atoms with Crippen molar-refractivity contribution < 1.29 is 14.3 Å². The zero-order valence-corrected chi connectivity index (χ0v) is 15.2. The molecule has 0 spiro atoms. The number of aliphatic imine (C=N–C) groups is 1. The van der Waals surface area contributed by atoms with E-state index >= 15 is 0 Å². The number of rotatable bonds is 5. The third-order valence-corrected chi connectivity index (χ3v) is 4.33. The number of aromatic nitrogens is 2. The standard InChI is InChI=1S/C23H16FN3O2/c24-19-11-9-16(10-12-19)22-18(15-27(26-22)21-7-2-1-3-8-21)14-25-20-6-4-5-17(13-20)23(28)29/h1-15H,(H,28,29). The number of para-hydroxylation sites is 1. The van der Waals surface area contributed by atoms with Gasteiger partial charge in [0.2, 0.25) is 0 Å². The van der Waals surface area contributed by atoms with Gasteiger partial charge in [-0.1, -0.05) is 24.3 Å². The molecule has 0 aliphatic carbocycles. The van der Waals surface area contributed by atoms with Crippen molar-refractivity contribution in [3.63, 3.8) is 0 Å². The van der Waals surface area contributed by atoms with Gasteiger partial charge in [-0.05, 0) is 54.6 Å². The number of hydrogen-bond donors (Lipinski definition) is 1. The number of carbonyl (C=O) groups is 1. The molecule has 0 atom stereocenters. The van der Waals surface area contributed by atoms with Crippen LogP contribution in [0.15, 0.2) is 90.1 Å². The van der Waals surface area contributed by atoms with Crippen molar-refractivity contribution in [2.75, 3.05) is 0 Å². The highest BCUT2D eigenvalue weighted by atomic mass is 19.1. The van der Waals surface area contributed by atoms with Crippen molar-refractivity contribution in [2.24, 2.45) is 4.99 Å². The molecule has 0 bridgehead atoms. The fraction of sp³-hybridized carbons (Fsp3) is 0. The minimum Gasteiger partial charge on any atom is -0.478 e. The Kier molecular flexibility index (Phi) is 4.99. The molecule has 0 saturated carbocycles. The maximum absolute atomic E-state index is 13.3. The molecular weight excluding hydrogens is 369 g/mol. The Balaban J connectivity index is 1.76. The van der Waals surface area contributed by atoms with Gasteiger partial charge in [-0.2, -0.15) is 5.10 Å². The first-order chi connectivity index (χ1) is 14.1. The molecule has 4 rings (SSSR count). The van der Waals surface area contributed by atoms with Crippen LogP contribution in [0, 0.1) is 5.82 Å². The first kappa shape index (κ1) is 18.3. The molecule has 29 heavy (non-hydrogen) atoms. The molecule has 0 fully saturated rings. The fourth-order valence-electron chi connectivity index (χ4n) is 2.89. The minimum absolute atomic E-state index is 0.165. The molecule has 0 radical (unpaired) electrons. The molecule has 1 heterocycles. The highest BCUT2D eigenvalue weighted by Crippen LogP contribution is 2.24. The number of aromatic carboxylic acids is 1.